The zero-order chi connectivity index (χ0) is 29.5. The molecule has 2 aromatic heterocycles. The standard InChI is InChI=1S/C29H29N5O5S2/c1-17-14-22(18(2)33(17)20-9-7-8-19(15-20)28(35)36)27-26(23-10-5-6-13-30-23)31-29(40)34(27)21-11-12-25(39-3)24(16-21)32-41(4,37)38/h5-16,26-27,32H,1-4H3,(H,31,40)(H,35,36)/t26-,27+/m0/s1. The molecule has 2 aromatic carbocycles. The van der Waals surface area contributed by atoms with E-state index in [-0.39, 0.29) is 23.3 Å². The predicted molar refractivity (Wildman–Crippen MR) is 162 cm³/mol. The van der Waals surface area contributed by atoms with Crippen molar-refractivity contribution >= 4 is 44.7 Å². The van der Waals surface area contributed by atoms with Crippen LogP contribution in [0.3, 0.4) is 0 Å². The monoisotopic (exact) mass is 591 g/mol. The highest BCUT2D eigenvalue weighted by molar-refractivity contribution is 7.92. The molecule has 10 nitrogen and oxygen atoms in total. The minimum atomic E-state index is -3.58. The number of hydrogen-bond donors (Lipinski definition) is 3. The van der Waals surface area contributed by atoms with Crippen LogP contribution in [0.25, 0.3) is 5.69 Å². The second-order valence-corrected chi connectivity index (χ2v) is 11.9. The summed E-state index contributed by atoms with van der Waals surface area (Å²) in [7, 11) is -2.11. The average Bonchev–Trinajstić information content (AvgIpc) is 3.43. The number of thiocarbonyl (C=S) groups is 1. The summed E-state index contributed by atoms with van der Waals surface area (Å²) < 4.78 is 34.2. The quantitative estimate of drug-likeness (QED) is 0.249. The zero-order valence-electron chi connectivity index (χ0n) is 22.8. The number of rotatable bonds is 8. The van der Waals surface area contributed by atoms with Crippen LogP contribution in [0.2, 0.25) is 0 Å². The van der Waals surface area contributed by atoms with Crippen molar-refractivity contribution in [3.63, 3.8) is 0 Å². The van der Waals surface area contributed by atoms with Crippen LogP contribution in [0.1, 0.15) is 45.1 Å². The lowest BCUT2D eigenvalue weighted by Crippen LogP contribution is -2.29. The lowest BCUT2D eigenvalue weighted by molar-refractivity contribution is 0.0697. The van der Waals surface area contributed by atoms with Gasteiger partial charge in [-0.25, -0.2) is 13.2 Å². The van der Waals surface area contributed by atoms with Gasteiger partial charge in [-0.3, -0.25) is 9.71 Å². The van der Waals surface area contributed by atoms with Crippen molar-refractivity contribution in [2.75, 3.05) is 23.0 Å². The number of aromatic carboxylic acids is 1. The number of pyridine rings is 1. The molecule has 1 aliphatic rings. The summed E-state index contributed by atoms with van der Waals surface area (Å²) >= 11 is 5.86. The van der Waals surface area contributed by atoms with E-state index in [1.807, 2.05) is 53.6 Å². The molecule has 3 N–H and O–H groups in total. The highest BCUT2D eigenvalue weighted by Gasteiger charge is 2.42. The van der Waals surface area contributed by atoms with Gasteiger partial charge in [-0.2, -0.15) is 0 Å². The average molecular weight is 592 g/mol. The largest absolute Gasteiger partial charge is 0.495 e. The molecule has 2 atom stereocenters. The third-order valence-corrected chi connectivity index (χ3v) is 7.90. The summed E-state index contributed by atoms with van der Waals surface area (Å²) in [5.41, 5.74) is 5.38. The van der Waals surface area contributed by atoms with Gasteiger partial charge in [-0.05, 0) is 86.2 Å². The van der Waals surface area contributed by atoms with Crippen LogP contribution in [-0.2, 0) is 10.0 Å². The zero-order valence-corrected chi connectivity index (χ0v) is 24.5. The molecule has 4 aromatic rings. The van der Waals surface area contributed by atoms with Crippen LogP contribution in [-0.4, -0.2) is 47.5 Å². The fourth-order valence-corrected chi connectivity index (χ4v) is 6.24. The lowest BCUT2D eigenvalue weighted by Gasteiger charge is -2.29. The number of sulfonamides is 1. The highest BCUT2D eigenvalue weighted by atomic mass is 32.2. The van der Waals surface area contributed by atoms with E-state index >= 15 is 0 Å². The molecule has 5 rings (SSSR count). The first kappa shape index (κ1) is 28.1. The van der Waals surface area contributed by atoms with E-state index in [4.69, 9.17) is 17.0 Å². The van der Waals surface area contributed by atoms with Crippen molar-refractivity contribution in [2.45, 2.75) is 25.9 Å². The summed E-state index contributed by atoms with van der Waals surface area (Å²) in [4.78, 5) is 18.2. The van der Waals surface area contributed by atoms with Gasteiger partial charge < -0.3 is 24.6 Å². The van der Waals surface area contributed by atoms with E-state index in [2.05, 4.69) is 21.1 Å². The van der Waals surface area contributed by atoms with Gasteiger partial charge in [0.25, 0.3) is 0 Å². The summed E-state index contributed by atoms with van der Waals surface area (Å²) in [6, 6.07) is 19.0. The molecular weight excluding hydrogens is 562 g/mol. The summed E-state index contributed by atoms with van der Waals surface area (Å²) in [6.45, 7) is 3.95. The Kier molecular flexibility index (Phi) is 7.45. The Morgan fingerprint density at radius 2 is 1.85 bits per heavy atom. The van der Waals surface area contributed by atoms with Gasteiger partial charge in [-0.15, -0.1) is 0 Å². The molecule has 212 valence electrons. The molecule has 0 amide bonds. The molecule has 3 heterocycles. The molecule has 41 heavy (non-hydrogen) atoms. The van der Waals surface area contributed by atoms with Gasteiger partial charge in [0.05, 0.1) is 42.4 Å². The first-order valence-corrected chi connectivity index (χ1v) is 15.0. The molecule has 0 saturated carbocycles. The van der Waals surface area contributed by atoms with E-state index in [1.54, 1.807) is 36.5 Å². The van der Waals surface area contributed by atoms with Crippen molar-refractivity contribution in [3.05, 3.63) is 101 Å². The van der Waals surface area contributed by atoms with Crippen LogP contribution in [0.4, 0.5) is 11.4 Å². The molecule has 0 radical (unpaired) electrons. The molecule has 0 unspecified atom stereocenters. The normalized spacial score (nSPS) is 16.9. The minimum absolute atomic E-state index is 0.192. The van der Waals surface area contributed by atoms with Crippen molar-refractivity contribution in [1.82, 2.24) is 14.9 Å². The molecule has 0 aliphatic carbocycles. The number of carboxylic acid groups (broad SMARTS) is 1. The van der Waals surface area contributed by atoms with Crippen LogP contribution < -0.4 is 19.7 Å². The Morgan fingerprint density at radius 3 is 2.51 bits per heavy atom. The fraction of sp³-hybridized carbons (Fsp3) is 0.207. The highest BCUT2D eigenvalue weighted by Crippen LogP contribution is 2.45. The van der Waals surface area contributed by atoms with Crippen LogP contribution in [0, 0.1) is 13.8 Å². The maximum Gasteiger partial charge on any atom is 0.335 e. The maximum atomic E-state index is 12.1. The molecule has 1 saturated heterocycles. The smallest absolute Gasteiger partial charge is 0.335 e. The lowest BCUT2D eigenvalue weighted by atomic mass is 9.96. The second kappa shape index (κ2) is 10.9. The number of methoxy groups -OCH3 is 1. The van der Waals surface area contributed by atoms with E-state index in [1.165, 1.54) is 7.11 Å². The number of benzene rings is 2. The number of hydrogen-bond acceptors (Lipinski definition) is 6. The van der Waals surface area contributed by atoms with Gasteiger partial charge in [0.15, 0.2) is 5.11 Å². The number of anilines is 2. The maximum absolute atomic E-state index is 12.1. The van der Waals surface area contributed by atoms with E-state index < -0.39 is 16.0 Å². The number of nitrogens with zero attached hydrogens (tertiary/aromatic N) is 3. The summed E-state index contributed by atoms with van der Waals surface area (Å²) in [5, 5.41) is 13.4. The molecular formula is C29H29N5O5S2. The number of carboxylic acids is 1. The van der Waals surface area contributed by atoms with Gasteiger partial charge in [-0.1, -0.05) is 12.1 Å². The molecule has 1 fully saturated rings. The van der Waals surface area contributed by atoms with Crippen molar-refractivity contribution in [2.24, 2.45) is 0 Å². The van der Waals surface area contributed by atoms with Gasteiger partial charge in [0.1, 0.15) is 5.75 Å². The first-order chi connectivity index (χ1) is 19.5. The number of aryl methyl sites for hydroxylation is 1. The van der Waals surface area contributed by atoms with Gasteiger partial charge in [0.2, 0.25) is 10.0 Å². The second-order valence-electron chi connectivity index (χ2n) is 9.77. The van der Waals surface area contributed by atoms with E-state index in [0.717, 1.165) is 34.6 Å². The number of carbonyl (C=O) groups is 1. The molecule has 12 heteroatoms. The first-order valence-electron chi connectivity index (χ1n) is 12.7. The number of ether oxygens (including phenoxy) is 1. The Labute approximate surface area is 243 Å². The fourth-order valence-electron chi connectivity index (χ4n) is 5.34. The Morgan fingerprint density at radius 1 is 1.07 bits per heavy atom. The molecule has 0 bridgehead atoms. The Bertz CT molecular complexity index is 1750. The third kappa shape index (κ3) is 5.48. The van der Waals surface area contributed by atoms with Crippen LogP contribution in [0.5, 0.6) is 5.75 Å². The summed E-state index contributed by atoms with van der Waals surface area (Å²) in [5.74, 6) is -0.633. The van der Waals surface area contributed by atoms with Gasteiger partial charge >= 0.3 is 5.97 Å². The minimum Gasteiger partial charge on any atom is -0.495 e. The SMILES string of the molecule is COc1ccc(N2C(=S)N[C@@H](c3ccccn3)[C@H]2c2cc(C)n(-c3cccc(C(=O)O)c3)c2C)cc1NS(C)(=O)=O. The number of nitrogens with one attached hydrogen (secondary N) is 2. The number of aromatic nitrogens is 2. The van der Waals surface area contributed by atoms with E-state index in [9.17, 15) is 18.3 Å². The van der Waals surface area contributed by atoms with Gasteiger partial charge in [0, 0.05) is 29.0 Å². The van der Waals surface area contributed by atoms with E-state index in [0.29, 0.717) is 16.5 Å². The molecule has 1 aliphatic heterocycles. The third-order valence-electron chi connectivity index (χ3n) is 6.99. The Balaban J connectivity index is 1.69. The predicted octanol–water partition coefficient (Wildman–Crippen LogP) is 4.74. The summed E-state index contributed by atoms with van der Waals surface area (Å²) in [6.07, 6.45) is 2.80. The van der Waals surface area contributed by atoms with Crippen LogP contribution in [0.15, 0.2) is 72.9 Å². The van der Waals surface area contributed by atoms with Crippen LogP contribution >= 0.6 is 12.2 Å². The van der Waals surface area contributed by atoms with Crippen molar-refractivity contribution < 1.29 is 23.1 Å². The van der Waals surface area contributed by atoms with Crippen molar-refractivity contribution in [3.8, 4) is 11.4 Å². The topological polar surface area (TPSA) is 126 Å². The molecule has 0 spiro atoms. The van der Waals surface area contributed by atoms with Crippen molar-refractivity contribution in [1.29, 1.82) is 0 Å². The Hall–Kier alpha value is -4.42.